The molecule has 0 bridgehead atoms. The van der Waals surface area contributed by atoms with Crippen LogP contribution in [0.25, 0.3) is 17.2 Å². The number of nitrogens with zero attached hydrogens (tertiary/aromatic N) is 2. The largest absolute Gasteiger partial charge is 0.289 e. The zero-order valence-corrected chi connectivity index (χ0v) is 13.6. The average Bonchev–Trinajstić information content (AvgIpc) is 3.00. The number of carbonyl (C=O) groups excluding carboxylic acids is 1. The predicted octanol–water partition coefficient (Wildman–Crippen LogP) is 4.30. The maximum absolute atomic E-state index is 12.7. The van der Waals surface area contributed by atoms with Crippen LogP contribution in [0.1, 0.15) is 28.0 Å². The van der Waals surface area contributed by atoms with Crippen LogP contribution in [0.15, 0.2) is 66.4 Å². The van der Waals surface area contributed by atoms with E-state index in [9.17, 15) is 4.79 Å². The van der Waals surface area contributed by atoms with Crippen molar-refractivity contribution < 1.29 is 4.79 Å². The summed E-state index contributed by atoms with van der Waals surface area (Å²) < 4.78 is 1.81. The number of benzene rings is 2. The zero-order chi connectivity index (χ0) is 16.5. The minimum Gasteiger partial charge on any atom is -0.289 e. The highest BCUT2D eigenvalue weighted by Gasteiger charge is 2.24. The van der Waals surface area contributed by atoms with Gasteiger partial charge in [0.1, 0.15) is 0 Å². The smallest absolute Gasteiger partial charge is 0.192 e. The van der Waals surface area contributed by atoms with E-state index in [0.29, 0.717) is 0 Å². The molecule has 1 heterocycles. The van der Waals surface area contributed by atoms with Gasteiger partial charge < -0.3 is 0 Å². The molecular formula is C21H18N2O. The van der Waals surface area contributed by atoms with Gasteiger partial charge in [-0.3, -0.25) is 9.48 Å². The Labute approximate surface area is 141 Å². The number of aryl methyl sites for hydroxylation is 1. The van der Waals surface area contributed by atoms with Crippen LogP contribution in [-0.4, -0.2) is 15.6 Å². The van der Waals surface area contributed by atoms with Crippen molar-refractivity contribution in [3.63, 3.8) is 0 Å². The molecule has 0 saturated carbocycles. The molecule has 1 aliphatic rings. The summed E-state index contributed by atoms with van der Waals surface area (Å²) in [6.07, 6.45) is 5.33. The molecule has 0 saturated heterocycles. The van der Waals surface area contributed by atoms with Crippen molar-refractivity contribution in [1.29, 1.82) is 0 Å². The first kappa shape index (κ1) is 14.6. The third-order valence-electron chi connectivity index (χ3n) is 4.56. The van der Waals surface area contributed by atoms with Gasteiger partial charge in [0, 0.05) is 18.3 Å². The normalized spacial score (nSPS) is 15.5. The van der Waals surface area contributed by atoms with Crippen LogP contribution in [0.5, 0.6) is 0 Å². The fraction of sp³-hybridized carbons (Fsp3) is 0.143. The number of rotatable bonds is 2. The highest BCUT2D eigenvalue weighted by atomic mass is 16.1. The van der Waals surface area contributed by atoms with Gasteiger partial charge in [0.2, 0.25) is 0 Å². The molecule has 0 amide bonds. The van der Waals surface area contributed by atoms with E-state index in [1.54, 1.807) is 10.9 Å². The Morgan fingerprint density at radius 3 is 2.62 bits per heavy atom. The molecule has 0 unspecified atom stereocenters. The quantitative estimate of drug-likeness (QED) is 0.661. The summed E-state index contributed by atoms with van der Waals surface area (Å²) in [6.45, 7) is 0. The Morgan fingerprint density at radius 2 is 1.79 bits per heavy atom. The van der Waals surface area contributed by atoms with Crippen molar-refractivity contribution in [2.75, 3.05) is 0 Å². The Bertz CT molecular complexity index is 935. The minimum atomic E-state index is 0.106. The lowest BCUT2D eigenvalue weighted by molar-refractivity contribution is 0.102. The first-order chi connectivity index (χ1) is 11.7. The fourth-order valence-electron chi connectivity index (χ4n) is 3.27. The van der Waals surface area contributed by atoms with E-state index in [1.807, 2.05) is 43.5 Å². The topological polar surface area (TPSA) is 34.9 Å². The van der Waals surface area contributed by atoms with E-state index in [2.05, 4.69) is 29.4 Å². The van der Waals surface area contributed by atoms with Crippen molar-refractivity contribution in [3.05, 3.63) is 83.2 Å². The Hall–Kier alpha value is -2.94. The molecule has 1 aromatic heterocycles. The van der Waals surface area contributed by atoms with Gasteiger partial charge in [-0.2, -0.15) is 5.10 Å². The van der Waals surface area contributed by atoms with Gasteiger partial charge in [-0.25, -0.2) is 0 Å². The number of hydrogen-bond donors (Lipinski definition) is 0. The summed E-state index contributed by atoms with van der Waals surface area (Å²) in [6, 6.07) is 18.6. The van der Waals surface area contributed by atoms with Crippen molar-refractivity contribution >= 4 is 11.9 Å². The highest BCUT2D eigenvalue weighted by molar-refractivity contribution is 6.12. The third-order valence-corrected chi connectivity index (χ3v) is 4.56. The summed E-state index contributed by atoms with van der Waals surface area (Å²) in [5.74, 6) is 0.106. The van der Waals surface area contributed by atoms with E-state index >= 15 is 0 Å². The molecule has 4 rings (SSSR count). The van der Waals surface area contributed by atoms with Crippen LogP contribution in [-0.2, 0) is 13.5 Å². The van der Waals surface area contributed by atoms with Crippen molar-refractivity contribution in [2.45, 2.75) is 12.8 Å². The monoisotopic (exact) mass is 314 g/mol. The molecular weight excluding hydrogens is 296 g/mol. The van der Waals surface area contributed by atoms with Gasteiger partial charge in [0.15, 0.2) is 5.78 Å². The Kier molecular flexibility index (Phi) is 3.62. The number of Topliss-reactive ketones (excluding diaryl/α,β-unsaturated/α-hetero) is 1. The molecule has 0 N–H and O–H groups in total. The molecule has 3 aromatic rings. The lowest BCUT2D eigenvalue weighted by Crippen LogP contribution is -2.14. The Balaban J connectivity index is 1.68. The standard InChI is InChI=1S/C21H18N2O/c1-23-20-11-10-18(21(24)19(20)14-22-23)13-15-6-5-9-17(12-15)16-7-3-2-4-8-16/h2-9,12-14H,10-11H2,1H3/b18-13-. The van der Waals surface area contributed by atoms with Gasteiger partial charge in [-0.15, -0.1) is 0 Å². The summed E-state index contributed by atoms with van der Waals surface area (Å²) >= 11 is 0. The van der Waals surface area contributed by atoms with Crippen LogP contribution < -0.4 is 0 Å². The van der Waals surface area contributed by atoms with Gasteiger partial charge >= 0.3 is 0 Å². The number of allylic oxidation sites excluding steroid dienone is 1. The molecule has 24 heavy (non-hydrogen) atoms. The summed E-state index contributed by atoms with van der Waals surface area (Å²) in [7, 11) is 1.89. The average molecular weight is 314 g/mol. The van der Waals surface area contributed by atoms with E-state index in [-0.39, 0.29) is 5.78 Å². The molecule has 118 valence electrons. The number of ketones is 1. The predicted molar refractivity (Wildman–Crippen MR) is 95.7 cm³/mol. The molecule has 3 nitrogen and oxygen atoms in total. The van der Waals surface area contributed by atoms with Crippen LogP contribution in [0.2, 0.25) is 0 Å². The Morgan fingerprint density at radius 1 is 1.00 bits per heavy atom. The third kappa shape index (κ3) is 2.58. The lowest BCUT2D eigenvalue weighted by Gasteiger charge is -2.14. The second-order valence-corrected chi connectivity index (χ2v) is 6.12. The summed E-state index contributed by atoms with van der Waals surface area (Å²) in [4.78, 5) is 12.7. The van der Waals surface area contributed by atoms with Crippen molar-refractivity contribution in [2.24, 2.45) is 7.05 Å². The number of carbonyl (C=O) groups is 1. The molecule has 2 aromatic carbocycles. The van der Waals surface area contributed by atoms with E-state index in [0.717, 1.165) is 40.8 Å². The van der Waals surface area contributed by atoms with Crippen LogP contribution in [0.3, 0.4) is 0 Å². The number of aromatic nitrogens is 2. The SMILES string of the molecule is Cn1ncc2c1CC/C(=C/c1cccc(-c3ccccc3)c1)C2=O. The maximum atomic E-state index is 12.7. The van der Waals surface area contributed by atoms with Crippen molar-refractivity contribution in [1.82, 2.24) is 9.78 Å². The molecule has 3 heteroatoms. The number of hydrogen-bond acceptors (Lipinski definition) is 2. The van der Waals surface area contributed by atoms with E-state index < -0.39 is 0 Å². The van der Waals surface area contributed by atoms with Gasteiger partial charge in [0.25, 0.3) is 0 Å². The maximum Gasteiger partial charge on any atom is 0.192 e. The summed E-state index contributed by atoms with van der Waals surface area (Å²) in [5.41, 5.74) is 6.05. The van der Waals surface area contributed by atoms with Crippen LogP contribution >= 0.6 is 0 Å². The van der Waals surface area contributed by atoms with Crippen molar-refractivity contribution in [3.8, 4) is 11.1 Å². The fourth-order valence-corrected chi connectivity index (χ4v) is 3.27. The minimum absolute atomic E-state index is 0.106. The number of fused-ring (bicyclic) bond motifs is 1. The molecule has 0 atom stereocenters. The molecule has 0 spiro atoms. The van der Waals surface area contributed by atoms with Gasteiger partial charge in [-0.1, -0.05) is 48.5 Å². The first-order valence-electron chi connectivity index (χ1n) is 8.14. The van der Waals surface area contributed by atoms with Crippen LogP contribution in [0.4, 0.5) is 0 Å². The zero-order valence-electron chi connectivity index (χ0n) is 13.6. The summed E-state index contributed by atoms with van der Waals surface area (Å²) in [5, 5.41) is 4.21. The second kappa shape index (κ2) is 5.93. The van der Waals surface area contributed by atoms with Crippen LogP contribution in [0, 0.1) is 0 Å². The van der Waals surface area contributed by atoms with E-state index in [4.69, 9.17) is 0 Å². The van der Waals surface area contributed by atoms with Gasteiger partial charge in [-0.05, 0) is 41.7 Å². The first-order valence-corrected chi connectivity index (χ1v) is 8.14. The molecule has 0 aliphatic heterocycles. The van der Waals surface area contributed by atoms with Gasteiger partial charge in [0.05, 0.1) is 11.8 Å². The molecule has 0 fully saturated rings. The van der Waals surface area contributed by atoms with E-state index in [1.165, 1.54) is 5.56 Å². The molecule has 1 aliphatic carbocycles. The lowest BCUT2D eigenvalue weighted by atomic mass is 9.90. The molecule has 0 radical (unpaired) electrons. The highest BCUT2D eigenvalue weighted by Crippen LogP contribution is 2.27. The second-order valence-electron chi connectivity index (χ2n) is 6.12.